The number of hydrogen-bond acceptors (Lipinski definition) is 5. The molecule has 0 amide bonds. The smallest absolute Gasteiger partial charge is 0.342 e. The Labute approximate surface area is 155 Å². The average molecular weight is 363 g/mol. The van der Waals surface area contributed by atoms with Crippen LogP contribution in [-0.4, -0.2) is 16.0 Å². The first-order valence-corrected chi connectivity index (χ1v) is 8.19. The number of rotatable bonds is 7. The van der Waals surface area contributed by atoms with Gasteiger partial charge in [0, 0.05) is 18.3 Å². The molecule has 3 N–H and O–H groups in total. The molecule has 0 saturated carbocycles. The molecule has 0 bridgehead atoms. The van der Waals surface area contributed by atoms with E-state index >= 15 is 0 Å². The quantitative estimate of drug-likeness (QED) is 0.432. The minimum absolute atomic E-state index is 0.323. The molecule has 0 aromatic heterocycles. The number of aromatic carboxylic acids is 1. The zero-order valence-corrected chi connectivity index (χ0v) is 14.3. The van der Waals surface area contributed by atoms with Crippen molar-refractivity contribution >= 4 is 17.3 Å². The number of benzene rings is 3. The Hall–Kier alpha value is -3.71. The van der Waals surface area contributed by atoms with E-state index in [4.69, 9.17) is 5.11 Å². The highest BCUT2D eigenvalue weighted by Gasteiger charge is 2.20. The van der Waals surface area contributed by atoms with Gasteiger partial charge in [0.05, 0.1) is 4.92 Å². The zero-order valence-electron chi connectivity index (χ0n) is 14.3. The van der Waals surface area contributed by atoms with Crippen molar-refractivity contribution in [1.29, 1.82) is 0 Å². The number of carbonyl (C=O) groups is 1. The molecule has 0 aliphatic carbocycles. The number of nitro groups is 1. The van der Waals surface area contributed by atoms with Crippen molar-refractivity contribution in [2.75, 3.05) is 5.43 Å². The SMILES string of the molecule is O=C(O)c1ccc(-c2ccc(CNNc3ccccc3)cc2)cc1[N+](=O)[O-]. The Kier molecular flexibility index (Phi) is 5.44. The van der Waals surface area contributed by atoms with Gasteiger partial charge in [0.2, 0.25) is 0 Å². The Balaban J connectivity index is 1.70. The maximum atomic E-state index is 11.1. The summed E-state index contributed by atoms with van der Waals surface area (Å²) in [6.07, 6.45) is 0. The number of nitrogens with one attached hydrogen (secondary N) is 2. The van der Waals surface area contributed by atoms with Crippen molar-refractivity contribution < 1.29 is 14.8 Å². The molecule has 3 rings (SSSR count). The van der Waals surface area contributed by atoms with Crippen molar-refractivity contribution in [3.63, 3.8) is 0 Å². The minimum Gasteiger partial charge on any atom is -0.477 e. The molecule has 0 fully saturated rings. The van der Waals surface area contributed by atoms with Crippen molar-refractivity contribution in [1.82, 2.24) is 5.43 Å². The number of para-hydroxylation sites is 1. The van der Waals surface area contributed by atoms with E-state index in [9.17, 15) is 14.9 Å². The van der Waals surface area contributed by atoms with Crippen LogP contribution in [0.5, 0.6) is 0 Å². The highest BCUT2D eigenvalue weighted by Crippen LogP contribution is 2.27. The predicted octanol–water partition coefficient (Wildman–Crippen LogP) is 4.08. The van der Waals surface area contributed by atoms with E-state index in [1.165, 1.54) is 12.1 Å². The van der Waals surface area contributed by atoms with Crippen LogP contribution in [0, 0.1) is 10.1 Å². The lowest BCUT2D eigenvalue weighted by Gasteiger charge is -2.09. The highest BCUT2D eigenvalue weighted by atomic mass is 16.6. The monoisotopic (exact) mass is 363 g/mol. The Morgan fingerprint density at radius 1 is 0.963 bits per heavy atom. The Morgan fingerprint density at radius 3 is 2.26 bits per heavy atom. The predicted molar refractivity (Wildman–Crippen MR) is 102 cm³/mol. The second-order valence-electron chi connectivity index (χ2n) is 5.84. The molecule has 0 aliphatic heterocycles. The van der Waals surface area contributed by atoms with Crippen molar-refractivity contribution in [2.24, 2.45) is 0 Å². The van der Waals surface area contributed by atoms with Gasteiger partial charge in [-0.15, -0.1) is 0 Å². The number of nitro benzene ring substituents is 1. The summed E-state index contributed by atoms with van der Waals surface area (Å²) in [5, 5.41) is 20.2. The Morgan fingerprint density at radius 2 is 1.63 bits per heavy atom. The first-order chi connectivity index (χ1) is 13.0. The first kappa shape index (κ1) is 18.1. The minimum atomic E-state index is -1.32. The molecule has 27 heavy (non-hydrogen) atoms. The van der Waals surface area contributed by atoms with E-state index in [1.54, 1.807) is 6.07 Å². The third-order valence-electron chi connectivity index (χ3n) is 4.01. The third-order valence-corrected chi connectivity index (χ3v) is 4.01. The van der Waals surface area contributed by atoms with Gasteiger partial charge < -0.3 is 10.5 Å². The molecule has 0 aliphatic rings. The van der Waals surface area contributed by atoms with Crippen LogP contribution in [0.2, 0.25) is 0 Å². The van der Waals surface area contributed by atoms with Crippen molar-refractivity contribution in [2.45, 2.75) is 6.54 Å². The number of anilines is 1. The second kappa shape index (κ2) is 8.11. The molecule has 3 aromatic carbocycles. The molecule has 0 spiro atoms. The lowest BCUT2D eigenvalue weighted by molar-refractivity contribution is -0.385. The molecular formula is C20H17N3O4. The van der Waals surface area contributed by atoms with Crippen LogP contribution in [0.3, 0.4) is 0 Å². The van der Waals surface area contributed by atoms with Crippen LogP contribution in [0.25, 0.3) is 11.1 Å². The van der Waals surface area contributed by atoms with Gasteiger partial charge in [0.25, 0.3) is 5.69 Å². The largest absolute Gasteiger partial charge is 0.477 e. The number of hydrogen-bond donors (Lipinski definition) is 3. The van der Waals surface area contributed by atoms with Gasteiger partial charge >= 0.3 is 5.97 Å². The maximum Gasteiger partial charge on any atom is 0.342 e. The fourth-order valence-corrected chi connectivity index (χ4v) is 2.63. The Bertz CT molecular complexity index is 957. The molecule has 0 radical (unpaired) electrons. The van der Waals surface area contributed by atoms with Gasteiger partial charge in [-0.2, -0.15) is 0 Å². The topological polar surface area (TPSA) is 104 Å². The lowest BCUT2D eigenvalue weighted by atomic mass is 10.0. The second-order valence-corrected chi connectivity index (χ2v) is 5.84. The molecular weight excluding hydrogens is 346 g/mol. The summed E-state index contributed by atoms with van der Waals surface area (Å²) < 4.78 is 0. The van der Waals surface area contributed by atoms with E-state index in [1.807, 2.05) is 54.6 Å². The van der Waals surface area contributed by atoms with Gasteiger partial charge in [-0.1, -0.05) is 48.5 Å². The van der Waals surface area contributed by atoms with E-state index in [0.29, 0.717) is 12.1 Å². The van der Waals surface area contributed by atoms with Crippen LogP contribution in [-0.2, 0) is 6.54 Å². The van der Waals surface area contributed by atoms with Gasteiger partial charge in [-0.05, 0) is 34.9 Å². The molecule has 3 aromatic rings. The standard InChI is InChI=1S/C20H17N3O4/c24-20(25)18-11-10-16(12-19(18)23(26)27)15-8-6-14(7-9-15)13-21-22-17-4-2-1-3-5-17/h1-12,21-22H,13H2,(H,24,25). The summed E-state index contributed by atoms with van der Waals surface area (Å²) in [5.74, 6) is -1.32. The number of carboxylic acid groups (broad SMARTS) is 1. The van der Waals surface area contributed by atoms with Gasteiger partial charge in [-0.3, -0.25) is 10.1 Å². The number of nitrogens with zero attached hydrogens (tertiary/aromatic N) is 1. The van der Waals surface area contributed by atoms with Crippen LogP contribution in [0.1, 0.15) is 15.9 Å². The fraction of sp³-hybridized carbons (Fsp3) is 0.0500. The normalized spacial score (nSPS) is 10.4. The zero-order chi connectivity index (χ0) is 19.2. The molecule has 136 valence electrons. The summed E-state index contributed by atoms with van der Waals surface area (Å²) in [7, 11) is 0. The van der Waals surface area contributed by atoms with E-state index in [-0.39, 0.29) is 5.56 Å². The van der Waals surface area contributed by atoms with Crippen molar-refractivity contribution in [3.8, 4) is 11.1 Å². The third kappa shape index (κ3) is 4.47. The highest BCUT2D eigenvalue weighted by molar-refractivity contribution is 5.93. The van der Waals surface area contributed by atoms with E-state index < -0.39 is 16.6 Å². The van der Waals surface area contributed by atoms with Gasteiger partial charge in [0.15, 0.2) is 0 Å². The number of hydrazine groups is 1. The fourth-order valence-electron chi connectivity index (χ4n) is 2.63. The molecule has 0 unspecified atom stereocenters. The van der Waals surface area contributed by atoms with E-state index in [0.717, 1.165) is 16.8 Å². The molecule has 0 atom stereocenters. The summed E-state index contributed by atoms with van der Waals surface area (Å²) in [6.45, 7) is 0.591. The van der Waals surface area contributed by atoms with Crippen molar-refractivity contribution in [3.05, 3.63) is 94.0 Å². The summed E-state index contributed by atoms with van der Waals surface area (Å²) >= 11 is 0. The lowest BCUT2D eigenvalue weighted by Crippen LogP contribution is -2.20. The van der Waals surface area contributed by atoms with Gasteiger partial charge in [0.1, 0.15) is 5.56 Å². The molecule has 0 heterocycles. The number of carboxylic acids is 1. The molecule has 7 nitrogen and oxygen atoms in total. The first-order valence-electron chi connectivity index (χ1n) is 8.19. The molecule has 0 saturated heterocycles. The maximum absolute atomic E-state index is 11.1. The van der Waals surface area contributed by atoms with Gasteiger partial charge in [-0.25, -0.2) is 10.2 Å². The average Bonchev–Trinajstić information content (AvgIpc) is 2.69. The van der Waals surface area contributed by atoms with Crippen LogP contribution < -0.4 is 10.9 Å². The molecule has 7 heteroatoms. The summed E-state index contributed by atoms with van der Waals surface area (Å²) in [5.41, 5.74) is 8.82. The van der Waals surface area contributed by atoms with Crippen LogP contribution >= 0.6 is 0 Å². The van der Waals surface area contributed by atoms with E-state index in [2.05, 4.69) is 10.9 Å². The summed E-state index contributed by atoms with van der Waals surface area (Å²) in [6, 6.07) is 21.3. The van der Waals surface area contributed by atoms with Crippen LogP contribution in [0.15, 0.2) is 72.8 Å². The van der Waals surface area contributed by atoms with Crippen LogP contribution in [0.4, 0.5) is 11.4 Å². The summed E-state index contributed by atoms with van der Waals surface area (Å²) in [4.78, 5) is 21.6.